The summed E-state index contributed by atoms with van der Waals surface area (Å²) in [5, 5.41) is 18.6. The van der Waals surface area contributed by atoms with Crippen LogP contribution in [0.25, 0.3) is 6.20 Å². The van der Waals surface area contributed by atoms with Crippen LogP contribution in [-0.4, -0.2) is 44.4 Å². The molecule has 1 aromatic rings. The SMILES string of the molecule is CC(C)COc1c(C(=O)NC23CC4CC(CC(O)(C4)C2)C3)cnn1/C=C/C(C)(C)C(N)=O. The Morgan fingerprint density at radius 3 is 2.56 bits per heavy atom. The van der Waals surface area contributed by atoms with Crippen molar-refractivity contribution in [2.45, 2.75) is 77.4 Å². The summed E-state index contributed by atoms with van der Waals surface area (Å²) < 4.78 is 7.46. The van der Waals surface area contributed by atoms with Gasteiger partial charge in [-0.2, -0.15) is 5.10 Å². The van der Waals surface area contributed by atoms with Crippen molar-refractivity contribution in [3.05, 3.63) is 17.8 Å². The van der Waals surface area contributed by atoms with E-state index in [4.69, 9.17) is 10.5 Å². The van der Waals surface area contributed by atoms with E-state index in [0.717, 1.165) is 32.1 Å². The molecule has 8 nitrogen and oxygen atoms in total. The zero-order valence-corrected chi connectivity index (χ0v) is 19.6. The lowest BCUT2D eigenvalue weighted by Gasteiger charge is -2.60. The summed E-state index contributed by atoms with van der Waals surface area (Å²) in [4.78, 5) is 25.1. The zero-order valence-electron chi connectivity index (χ0n) is 19.6. The van der Waals surface area contributed by atoms with Crippen LogP contribution in [0, 0.1) is 23.2 Å². The van der Waals surface area contributed by atoms with Gasteiger partial charge in [0.2, 0.25) is 11.8 Å². The molecule has 0 spiro atoms. The summed E-state index contributed by atoms with van der Waals surface area (Å²) in [6, 6.07) is 0. The maximum Gasteiger partial charge on any atom is 0.258 e. The summed E-state index contributed by atoms with van der Waals surface area (Å²) in [6.45, 7) is 7.92. The first-order valence-corrected chi connectivity index (χ1v) is 11.6. The number of hydrogen-bond donors (Lipinski definition) is 3. The predicted octanol–water partition coefficient (Wildman–Crippen LogP) is 2.71. The Hall–Kier alpha value is -2.35. The van der Waals surface area contributed by atoms with Crippen LogP contribution >= 0.6 is 0 Å². The number of nitrogens with zero attached hydrogens (tertiary/aromatic N) is 2. The van der Waals surface area contributed by atoms with E-state index in [2.05, 4.69) is 10.4 Å². The predicted molar refractivity (Wildman–Crippen MR) is 121 cm³/mol. The molecule has 2 unspecified atom stereocenters. The molecule has 1 aromatic heterocycles. The van der Waals surface area contributed by atoms with E-state index in [1.165, 1.54) is 10.9 Å². The minimum absolute atomic E-state index is 0.233. The molecule has 0 aromatic carbocycles. The van der Waals surface area contributed by atoms with Crippen LogP contribution in [0.4, 0.5) is 0 Å². The van der Waals surface area contributed by atoms with E-state index >= 15 is 0 Å². The Morgan fingerprint density at radius 2 is 2.00 bits per heavy atom. The number of carbonyl (C=O) groups is 2. The van der Waals surface area contributed by atoms with E-state index in [1.54, 1.807) is 26.1 Å². The fourth-order valence-corrected chi connectivity index (χ4v) is 6.01. The van der Waals surface area contributed by atoms with Gasteiger partial charge in [0.1, 0.15) is 5.56 Å². The molecule has 2 amide bonds. The first-order valence-electron chi connectivity index (χ1n) is 11.6. The highest BCUT2D eigenvalue weighted by Crippen LogP contribution is 2.57. The molecule has 4 aliphatic carbocycles. The van der Waals surface area contributed by atoms with Gasteiger partial charge in [0.25, 0.3) is 5.91 Å². The molecule has 5 rings (SSSR count). The Morgan fingerprint density at radius 1 is 1.34 bits per heavy atom. The molecule has 4 aliphatic rings. The highest BCUT2D eigenvalue weighted by atomic mass is 16.5. The number of amides is 2. The lowest BCUT2D eigenvalue weighted by atomic mass is 9.51. The molecule has 4 N–H and O–H groups in total. The minimum atomic E-state index is -0.863. The normalized spacial score (nSPS) is 31.4. The van der Waals surface area contributed by atoms with Gasteiger partial charge in [-0.05, 0) is 70.1 Å². The minimum Gasteiger partial charge on any atom is -0.477 e. The number of rotatable bonds is 8. The van der Waals surface area contributed by atoms with E-state index in [9.17, 15) is 14.7 Å². The van der Waals surface area contributed by atoms with Crippen molar-refractivity contribution in [3.63, 3.8) is 0 Å². The van der Waals surface area contributed by atoms with Crippen LogP contribution in [0.15, 0.2) is 12.3 Å². The van der Waals surface area contributed by atoms with E-state index in [0.29, 0.717) is 36.3 Å². The van der Waals surface area contributed by atoms with Crippen molar-refractivity contribution in [1.82, 2.24) is 15.1 Å². The molecule has 32 heavy (non-hydrogen) atoms. The number of nitrogens with one attached hydrogen (secondary N) is 1. The fourth-order valence-electron chi connectivity index (χ4n) is 6.01. The molecule has 1 heterocycles. The number of primary amides is 1. The first-order chi connectivity index (χ1) is 14.9. The first kappa shape index (κ1) is 22.8. The molecule has 2 atom stereocenters. The number of ether oxygens (including phenoxy) is 1. The second-order valence-corrected chi connectivity index (χ2v) is 11.3. The Balaban J connectivity index is 1.58. The Bertz CT molecular complexity index is 918. The smallest absolute Gasteiger partial charge is 0.258 e. The molecule has 0 aliphatic heterocycles. The quantitative estimate of drug-likeness (QED) is 0.569. The molecule has 8 heteroatoms. The largest absolute Gasteiger partial charge is 0.477 e. The third kappa shape index (κ3) is 4.42. The van der Waals surface area contributed by atoms with Gasteiger partial charge in [0, 0.05) is 11.7 Å². The summed E-state index contributed by atoms with van der Waals surface area (Å²) in [5.41, 5.74) is 3.94. The summed E-state index contributed by atoms with van der Waals surface area (Å²) in [5.74, 6) is 0.861. The van der Waals surface area contributed by atoms with Crippen LogP contribution in [0.3, 0.4) is 0 Å². The van der Waals surface area contributed by atoms with E-state index < -0.39 is 16.9 Å². The molecule has 176 valence electrons. The van der Waals surface area contributed by atoms with Gasteiger partial charge in [0.15, 0.2) is 0 Å². The van der Waals surface area contributed by atoms with Crippen molar-refractivity contribution >= 4 is 18.0 Å². The van der Waals surface area contributed by atoms with Gasteiger partial charge >= 0.3 is 0 Å². The van der Waals surface area contributed by atoms with Gasteiger partial charge in [-0.25, -0.2) is 4.68 Å². The van der Waals surface area contributed by atoms with Gasteiger partial charge in [-0.1, -0.05) is 19.9 Å². The van der Waals surface area contributed by atoms with Crippen LogP contribution in [0.5, 0.6) is 5.88 Å². The van der Waals surface area contributed by atoms with Crippen molar-refractivity contribution in [2.75, 3.05) is 6.61 Å². The summed E-state index contributed by atoms with van der Waals surface area (Å²) in [7, 11) is 0. The Kier molecular flexibility index (Phi) is 5.64. The van der Waals surface area contributed by atoms with Crippen LogP contribution in [-0.2, 0) is 4.79 Å². The van der Waals surface area contributed by atoms with Crippen LogP contribution < -0.4 is 15.8 Å². The second kappa shape index (κ2) is 7.90. The maximum absolute atomic E-state index is 13.4. The van der Waals surface area contributed by atoms with Gasteiger partial charge in [-0.15, -0.1) is 0 Å². The number of nitrogens with two attached hydrogens (primary N) is 1. The molecule has 0 saturated heterocycles. The van der Waals surface area contributed by atoms with Crippen molar-refractivity contribution in [2.24, 2.45) is 28.9 Å². The van der Waals surface area contributed by atoms with E-state index in [1.807, 2.05) is 13.8 Å². The average Bonchev–Trinajstić information content (AvgIpc) is 3.05. The molecular weight excluding hydrogens is 408 g/mol. The lowest BCUT2D eigenvalue weighted by Crippen LogP contribution is -2.65. The van der Waals surface area contributed by atoms with Crippen molar-refractivity contribution in [3.8, 4) is 5.88 Å². The molecule has 4 bridgehead atoms. The number of aliphatic hydroxyl groups is 1. The van der Waals surface area contributed by atoms with E-state index in [-0.39, 0.29) is 17.4 Å². The third-order valence-corrected chi connectivity index (χ3v) is 7.22. The van der Waals surface area contributed by atoms with Crippen LogP contribution in [0.2, 0.25) is 0 Å². The summed E-state index contributed by atoms with van der Waals surface area (Å²) in [6.07, 6.45) is 10.1. The van der Waals surface area contributed by atoms with Crippen molar-refractivity contribution < 1.29 is 19.4 Å². The second-order valence-electron chi connectivity index (χ2n) is 11.3. The van der Waals surface area contributed by atoms with Gasteiger partial charge in [0.05, 0.1) is 23.8 Å². The van der Waals surface area contributed by atoms with Crippen molar-refractivity contribution in [1.29, 1.82) is 0 Å². The average molecular weight is 445 g/mol. The van der Waals surface area contributed by atoms with Crippen LogP contribution in [0.1, 0.15) is 76.6 Å². The third-order valence-electron chi connectivity index (χ3n) is 7.22. The fraction of sp³-hybridized carbons (Fsp3) is 0.708. The summed E-state index contributed by atoms with van der Waals surface area (Å²) >= 11 is 0. The molecule has 0 radical (unpaired) electrons. The Labute approximate surface area is 189 Å². The zero-order chi connectivity index (χ0) is 23.3. The highest BCUT2D eigenvalue weighted by Gasteiger charge is 2.57. The number of hydrogen-bond acceptors (Lipinski definition) is 5. The standard InChI is InChI=1S/C24H36N4O4/c1-15(2)13-32-20-18(12-26-28(20)6-5-22(3,4)21(25)30)19(29)27-23-8-16-7-17(9-23)11-24(31,10-16)14-23/h5-6,12,15-17,31H,7-11,13-14H2,1-4H3,(H2,25,30)(H,27,29)/b6-5+. The highest BCUT2D eigenvalue weighted by molar-refractivity contribution is 5.97. The lowest BCUT2D eigenvalue weighted by molar-refractivity contribution is -0.139. The molecule has 4 fully saturated rings. The number of aromatic nitrogens is 2. The monoisotopic (exact) mass is 444 g/mol. The molecular formula is C24H36N4O4. The van der Waals surface area contributed by atoms with Gasteiger partial charge in [-0.3, -0.25) is 9.59 Å². The maximum atomic E-state index is 13.4. The van der Waals surface area contributed by atoms with Gasteiger partial charge < -0.3 is 20.9 Å². The molecule has 4 saturated carbocycles. The number of carbonyl (C=O) groups excluding carboxylic acids is 2. The topological polar surface area (TPSA) is 119 Å².